The van der Waals surface area contributed by atoms with Crippen molar-refractivity contribution in [3.63, 3.8) is 0 Å². The SMILES string of the molecule is C=CCC1(CBr)CCC=CCC1. The molecule has 1 aliphatic carbocycles. The summed E-state index contributed by atoms with van der Waals surface area (Å²) in [7, 11) is 0. The van der Waals surface area contributed by atoms with Crippen LogP contribution < -0.4 is 0 Å². The van der Waals surface area contributed by atoms with Crippen molar-refractivity contribution >= 4 is 15.9 Å². The molecule has 0 heterocycles. The monoisotopic (exact) mass is 228 g/mol. The van der Waals surface area contributed by atoms with E-state index in [-0.39, 0.29) is 0 Å². The Labute approximate surface area is 83.9 Å². The molecule has 68 valence electrons. The van der Waals surface area contributed by atoms with Gasteiger partial charge in [-0.05, 0) is 37.5 Å². The lowest BCUT2D eigenvalue weighted by atomic mass is 9.79. The summed E-state index contributed by atoms with van der Waals surface area (Å²) in [6.07, 6.45) is 12.9. The van der Waals surface area contributed by atoms with E-state index in [9.17, 15) is 0 Å². The lowest BCUT2D eigenvalue weighted by molar-refractivity contribution is 0.296. The van der Waals surface area contributed by atoms with Crippen LogP contribution in [0.2, 0.25) is 0 Å². The highest BCUT2D eigenvalue weighted by atomic mass is 79.9. The Hall–Kier alpha value is -0.0400. The van der Waals surface area contributed by atoms with Crippen molar-refractivity contribution in [2.45, 2.75) is 32.1 Å². The van der Waals surface area contributed by atoms with Gasteiger partial charge >= 0.3 is 0 Å². The highest BCUT2D eigenvalue weighted by Gasteiger charge is 2.26. The van der Waals surface area contributed by atoms with Crippen LogP contribution in [0.3, 0.4) is 0 Å². The number of hydrogen-bond donors (Lipinski definition) is 0. The van der Waals surface area contributed by atoms with Gasteiger partial charge in [-0.15, -0.1) is 6.58 Å². The zero-order chi connectivity index (χ0) is 8.86. The summed E-state index contributed by atoms with van der Waals surface area (Å²) in [6.45, 7) is 3.84. The van der Waals surface area contributed by atoms with Crippen LogP contribution in [0.4, 0.5) is 0 Å². The molecule has 0 unspecified atom stereocenters. The maximum Gasteiger partial charge on any atom is 0.00911 e. The summed E-state index contributed by atoms with van der Waals surface area (Å²) in [5, 5.41) is 1.12. The minimum atomic E-state index is 0.491. The quantitative estimate of drug-likeness (QED) is 0.505. The fourth-order valence-electron chi connectivity index (χ4n) is 1.84. The third-order valence-electron chi connectivity index (χ3n) is 2.71. The van der Waals surface area contributed by atoms with E-state index in [1.807, 2.05) is 0 Å². The van der Waals surface area contributed by atoms with Crippen LogP contribution in [0.1, 0.15) is 32.1 Å². The topological polar surface area (TPSA) is 0 Å². The zero-order valence-corrected chi connectivity index (χ0v) is 9.15. The normalized spacial score (nSPS) is 21.8. The third kappa shape index (κ3) is 2.48. The molecule has 0 radical (unpaired) electrons. The molecule has 0 amide bonds. The molecule has 0 fully saturated rings. The Morgan fingerprint density at radius 2 is 1.92 bits per heavy atom. The van der Waals surface area contributed by atoms with Crippen LogP contribution in [0, 0.1) is 5.41 Å². The molecule has 0 nitrogen and oxygen atoms in total. The summed E-state index contributed by atoms with van der Waals surface area (Å²) in [5.74, 6) is 0. The number of rotatable bonds is 3. The van der Waals surface area contributed by atoms with Crippen molar-refractivity contribution in [3.8, 4) is 0 Å². The van der Waals surface area contributed by atoms with Crippen molar-refractivity contribution in [1.29, 1.82) is 0 Å². The number of hydrogen-bond acceptors (Lipinski definition) is 0. The predicted molar refractivity (Wildman–Crippen MR) is 58.6 cm³/mol. The summed E-state index contributed by atoms with van der Waals surface area (Å²) in [4.78, 5) is 0. The van der Waals surface area contributed by atoms with Crippen LogP contribution in [0.15, 0.2) is 24.8 Å². The van der Waals surface area contributed by atoms with Gasteiger partial charge in [0.05, 0.1) is 0 Å². The first-order chi connectivity index (χ1) is 5.83. The fourth-order valence-corrected chi connectivity index (χ4v) is 2.63. The molecule has 0 spiro atoms. The molecule has 0 bridgehead atoms. The third-order valence-corrected chi connectivity index (χ3v) is 3.90. The lowest BCUT2D eigenvalue weighted by Crippen LogP contribution is -2.20. The molecule has 0 atom stereocenters. The molecule has 1 rings (SSSR count). The molecule has 0 saturated heterocycles. The van der Waals surface area contributed by atoms with E-state index < -0.39 is 0 Å². The van der Waals surface area contributed by atoms with Crippen molar-refractivity contribution in [3.05, 3.63) is 24.8 Å². The van der Waals surface area contributed by atoms with Gasteiger partial charge in [-0.3, -0.25) is 0 Å². The van der Waals surface area contributed by atoms with Crippen LogP contribution in [-0.2, 0) is 0 Å². The first-order valence-corrected chi connectivity index (χ1v) is 5.77. The molecule has 0 aromatic rings. The van der Waals surface area contributed by atoms with Crippen molar-refractivity contribution in [2.75, 3.05) is 5.33 Å². The minimum Gasteiger partial charge on any atom is -0.103 e. The Bertz CT molecular complexity index is 160. The van der Waals surface area contributed by atoms with Crippen LogP contribution in [-0.4, -0.2) is 5.33 Å². The van der Waals surface area contributed by atoms with E-state index in [1.165, 1.54) is 25.7 Å². The van der Waals surface area contributed by atoms with E-state index in [2.05, 4.69) is 40.7 Å². The minimum absolute atomic E-state index is 0.491. The number of alkyl halides is 1. The van der Waals surface area contributed by atoms with Gasteiger partial charge < -0.3 is 0 Å². The van der Waals surface area contributed by atoms with Gasteiger partial charge in [-0.25, -0.2) is 0 Å². The van der Waals surface area contributed by atoms with Crippen molar-refractivity contribution in [1.82, 2.24) is 0 Å². The van der Waals surface area contributed by atoms with Gasteiger partial charge in [0.15, 0.2) is 0 Å². The van der Waals surface area contributed by atoms with Crippen molar-refractivity contribution in [2.24, 2.45) is 5.41 Å². The van der Waals surface area contributed by atoms with Crippen molar-refractivity contribution < 1.29 is 0 Å². The first-order valence-electron chi connectivity index (χ1n) is 4.65. The van der Waals surface area contributed by atoms with Gasteiger partial charge in [0, 0.05) is 5.33 Å². The molecular formula is C11H17Br. The highest BCUT2D eigenvalue weighted by molar-refractivity contribution is 9.09. The average molecular weight is 229 g/mol. The summed E-state index contributed by atoms with van der Waals surface area (Å²) in [6, 6.07) is 0. The molecule has 1 aliphatic rings. The smallest absolute Gasteiger partial charge is 0.00911 e. The molecular weight excluding hydrogens is 212 g/mol. The Kier molecular flexibility index (Phi) is 4.07. The molecule has 0 N–H and O–H groups in total. The zero-order valence-electron chi connectivity index (χ0n) is 7.56. The summed E-state index contributed by atoms with van der Waals surface area (Å²) >= 11 is 3.63. The second kappa shape index (κ2) is 4.86. The number of halogens is 1. The lowest BCUT2D eigenvalue weighted by Gasteiger charge is -2.29. The van der Waals surface area contributed by atoms with E-state index in [4.69, 9.17) is 0 Å². The van der Waals surface area contributed by atoms with E-state index in [0.29, 0.717) is 5.41 Å². The van der Waals surface area contributed by atoms with Gasteiger partial charge in [0.25, 0.3) is 0 Å². The molecule has 0 aliphatic heterocycles. The van der Waals surface area contributed by atoms with E-state index >= 15 is 0 Å². The maximum atomic E-state index is 3.84. The molecule has 0 saturated carbocycles. The Morgan fingerprint density at radius 3 is 2.33 bits per heavy atom. The standard InChI is InChI=1S/C11H17Br/c1-2-7-11(10-12)8-5-3-4-6-9-11/h2-4H,1,5-10H2. The predicted octanol–water partition coefficient (Wildman–Crippen LogP) is 4.07. The van der Waals surface area contributed by atoms with Gasteiger partial charge in [0.1, 0.15) is 0 Å². The first kappa shape index (κ1) is 10.0. The van der Waals surface area contributed by atoms with E-state index in [0.717, 1.165) is 11.8 Å². The Morgan fingerprint density at radius 1 is 1.33 bits per heavy atom. The molecule has 0 aromatic carbocycles. The summed E-state index contributed by atoms with van der Waals surface area (Å²) in [5.41, 5.74) is 0.491. The maximum absolute atomic E-state index is 3.84. The number of allylic oxidation sites excluding steroid dienone is 3. The largest absolute Gasteiger partial charge is 0.103 e. The molecule has 0 aromatic heterocycles. The van der Waals surface area contributed by atoms with Gasteiger partial charge in [-0.2, -0.15) is 0 Å². The summed E-state index contributed by atoms with van der Waals surface area (Å²) < 4.78 is 0. The van der Waals surface area contributed by atoms with E-state index in [1.54, 1.807) is 0 Å². The fraction of sp³-hybridized carbons (Fsp3) is 0.636. The second-order valence-electron chi connectivity index (χ2n) is 3.68. The van der Waals surface area contributed by atoms with Crippen LogP contribution in [0.5, 0.6) is 0 Å². The van der Waals surface area contributed by atoms with Gasteiger partial charge in [0.2, 0.25) is 0 Å². The molecule has 1 heteroatoms. The van der Waals surface area contributed by atoms with Crippen LogP contribution >= 0.6 is 15.9 Å². The van der Waals surface area contributed by atoms with Crippen LogP contribution in [0.25, 0.3) is 0 Å². The van der Waals surface area contributed by atoms with Gasteiger partial charge in [-0.1, -0.05) is 34.2 Å². The second-order valence-corrected chi connectivity index (χ2v) is 4.24. The highest BCUT2D eigenvalue weighted by Crippen LogP contribution is 2.37. The Balaban J connectivity index is 2.58. The molecule has 12 heavy (non-hydrogen) atoms. The average Bonchev–Trinajstić information content (AvgIpc) is 2.32.